The SMILES string of the molecule is COc1ccccc1N1CCN(C(=O)c2cc3cc(Cl)ccc3nc2C)CC1. The Morgan fingerprint density at radius 3 is 2.57 bits per heavy atom. The first kappa shape index (κ1) is 18.6. The van der Waals surface area contributed by atoms with Crippen LogP contribution in [0.3, 0.4) is 0 Å². The van der Waals surface area contributed by atoms with Crippen molar-refractivity contribution >= 4 is 34.1 Å². The number of methoxy groups -OCH3 is 1. The Balaban J connectivity index is 1.53. The van der Waals surface area contributed by atoms with Crippen LogP contribution >= 0.6 is 11.6 Å². The Labute approximate surface area is 169 Å². The summed E-state index contributed by atoms with van der Waals surface area (Å²) in [6.07, 6.45) is 0. The fraction of sp³-hybridized carbons (Fsp3) is 0.273. The van der Waals surface area contributed by atoms with Gasteiger partial charge in [-0.05, 0) is 43.3 Å². The summed E-state index contributed by atoms with van der Waals surface area (Å²) in [7, 11) is 1.68. The van der Waals surface area contributed by atoms with Crippen molar-refractivity contribution in [1.82, 2.24) is 9.88 Å². The smallest absolute Gasteiger partial charge is 0.255 e. The van der Waals surface area contributed by atoms with Crippen LogP contribution in [0.25, 0.3) is 10.9 Å². The highest BCUT2D eigenvalue weighted by molar-refractivity contribution is 6.31. The van der Waals surface area contributed by atoms with Crippen LogP contribution in [0.4, 0.5) is 5.69 Å². The van der Waals surface area contributed by atoms with Gasteiger partial charge >= 0.3 is 0 Å². The standard InChI is InChI=1S/C22H22ClN3O2/c1-15-18(14-16-13-17(23)7-8-19(16)24-15)22(27)26-11-9-25(10-12-26)20-5-3-4-6-21(20)28-2/h3-8,13-14H,9-12H2,1-2H3. The van der Waals surface area contributed by atoms with Gasteiger partial charge in [0, 0.05) is 36.6 Å². The lowest BCUT2D eigenvalue weighted by atomic mass is 10.1. The molecule has 0 N–H and O–H groups in total. The molecule has 1 fully saturated rings. The topological polar surface area (TPSA) is 45.7 Å². The highest BCUT2D eigenvalue weighted by Gasteiger charge is 2.25. The zero-order valence-electron chi connectivity index (χ0n) is 16.0. The molecule has 1 aromatic heterocycles. The number of halogens is 1. The molecule has 144 valence electrons. The largest absolute Gasteiger partial charge is 0.495 e. The molecule has 5 nitrogen and oxygen atoms in total. The number of rotatable bonds is 3. The van der Waals surface area contributed by atoms with Crippen molar-refractivity contribution in [3.05, 3.63) is 64.8 Å². The number of para-hydroxylation sites is 2. The summed E-state index contributed by atoms with van der Waals surface area (Å²) < 4.78 is 5.47. The second kappa shape index (κ2) is 7.68. The highest BCUT2D eigenvalue weighted by Crippen LogP contribution is 2.29. The zero-order valence-corrected chi connectivity index (χ0v) is 16.7. The molecule has 3 aromatic rings. The van der Waals surface area contributed by atoms with Gasteiger partial charge in [-0.2, -0.15) is 0 Å². The summed E-state index contributed by atoms with van der Waals surface area (Å²) >= 11 is 6.10. The second-order valence-electron chi connectivity index (χ2n) is 6.91. The summed E-state index contributed by atoms with van der Waals surface area (Å²) in [5.74, 6) is 0.875. The normalized spacial score (nSPS) is 14.4. The third-order valence-electron chi connectivity index (χ3n) is 5.19. The van der Waals surface area contributed by atoms with Gasteiger partial charge in [0.25, 0.3) is 5.91 Å². The number of carbonyl (C=O) groups excluding carboxylic acids is 1. The Bertz CT molecular complexity index is 1030. The quantitative estimate of drug-likeness (QED) is 0.667. The zero-order chi connectivity index (χ0) is 19.7. The first-order valence-electron chi connectivity index (χ1n) is 9.31. The molecule has 2 heterocycles. The molecule has 1 saturated heterocycles. The molecule has 1 aliphatic rings. The Morgan fingerprint density at radius 2 is 1.82 bits per heavy atom. The van der Waals surface area contributed by atoms with Crippen molar-refractivity contribution in [2.24, 2.45) is 0 Å². The molecular weight excluding hydrogens is 374 g/mol. The van der Waals surface area contributed by atoms with Crippen LogP contribution in [0.1, 0.15) is 16.1 Å². The van der Waals surface area contributed by atoms with E-state index in [-0.39, 0.29) is 5.91 Å². The van der Waals surface area contributed by atoms with Gasteiger partial charge in [0.2, 0.25) is 0 Å². The maximum Gasteiger partial charge on any atom is 0.255 e. The lowest BCUT2D eigenvalue weighted by Crippen LogP contribution is -2.49. The molecule has 0 bridgehead atoms. The molecule has 4 rings (SSSR count). The number of benzene rings is 2. The number of amides is 1. The van der Waals surface area contributed by atoms with E-state index in [0.29, 0.717) is 23.7 Å². The average molecular weight is 396 g/mol. The maximum absolute atomic E-state index is 13.1. The molecule has 0 atom stereocenters. The number of ether oxygens (including phenoxy) is 1. The summed E-state index contributed by atoms with van der Waals surface area (Å²) in [4.78, 5) is 21.9. The number of pyridine rings is 1. The van der Waals surface area contributed by atoms with E-state index in [1.807, 2.05) is 54.3 Å². The highest BCUT2D eigenvalue weighted by atomic mass is 35.5. The number of carbonyl (C=O) groups is 1. The maximum atomic E-state index is 13.1. The first-order valence-corrected chi connectivity index (χ1v) is 9.69. The van der Waals surface area contributed by atoms with Crippen LogP contribution in [0.5, 0.6) is 5.75 Å². The Kier molecular flexibility index (Phi) is 5.09. The minimum atomic E-state index is 0.0200. The van der Waals surface area contributed by atoms with E-state index in [2.05, 4.69) is 16.0 Å². The molecular formula is C22H22ClN3O2. The van der Waals surface area contributed by atoms with E-state index in [0.717, 1.165) is 41.1 Å². The third kappa shape index (κ3) is 3.50. The Hall–Kier alpha value is -2.79. The molecule has 6 heteroatoms. The van der Waals surface area contributed by atoms with Gasteiger partial charge in [-0.1, -0.05) is 23.7 Å². The van der Waals surface area contributed by atoms with Crippen molar-refractivity contribution in [2.75, 3.05) is 38.2 Å². The molecule has 0 saturated carbocycles. The van der Waals surface area contributed by atoms with E-state index in [1.165, 1.54) is 0 Å². The van der Waals surface area contributed by atoms with Crippen LogP contribution < -0.4 is 9.64 Å². The molecule has 1 aliphatic heterocycles. The number of piperazine rings is 1. The van der Waals surface area contributed by atoms with E-state index >= 15 is 0 Å². The number of nitrogens with zero attached hydrogens (tertiary/aromatic N) is 3. The lowest BCUT2D eigenvalue weighted by molar-refractivity contribution is 0.0745. The first-order chi connectivity index (χ1) is 13.6. The van der Waals surface area contributed by atoms with Crippen LogP contribution in [-0.4, -0.2) is 49.1 Å². The van der Waals surface area contributed by atoms with Crippen LogP contribution in [-0.2, 0) is 0 Å². The minimum absolute atomic E-state index is 0.0200. The van der Waals surface area contributed by atoms with Crippen molar-refractivity contribution < 1.29 is 9.53 Å². The second-order valence-corrected chi connectivity index (χ2v) is 7.35. The summed E-state index contributed by atoms with van der Waals surface area (Å²) in [5, 5.41) is 1.52. The van der Waals surface area contributed by atoms with Gasteiger partial charge in [0.1, 0.15) is 5.75 Å². The van der Waals surface area contributed by atoms with Gasteiger partial charge in [-0.15, -0.1) is 0 Å². The Morgan fingerprint density at radius 1 is 1.07 bits per heavy atom. The summed E-state index contributed by atoms with van der Waals surface area (Å²) in [6, 6.07) is 15.4. The number of anilines is 1. The minimum Gasteiger partial charge on any atom is -0.495 e. The van der Waals surface area contributed by atoms with E-state index < -0.39 is 0 Å². The van der Waals surface area contributed by atoms with Gasteiger partial charge in [-0.25, -0.2) is 0 Å². The van der Waals surface area contributed by atoms with Crippen molar-refractivity contribution in [1.29, 1.82) is 0 Å². The molecule has 0 aliphatic carbocycles. The molecule has 28 heavy (non-hydrogen) atoms. The van der Waals surface area contributed by atoms with Crippen LogP contribution in [0, 0.1) is 6.92 Å². The summed E-state index contributed by atoms with van der Waals surface area (Å²) in [5.41, 5.74) is 3.29. The molecule has 0 unspecified atom stereocenters. The van der Waals surface area contributed by atoms with Gasteiger partial charge in [0.05, 0.1) is 29.6 Å². The van der Waals surface area contributed by atoms with Crippen molar-refractivity contribution in [3.8, 4) is 5.75 Å². The predicted octanol–water partition coefficient (Wildman–Crippen LogP) is 4.17. The van der Waals surface area contributed by atoms with Crippen molar-refractivity contribution in [2.45, 2.75) is 6.92 Å². The van der Waals surface area contributed by atoms with Gasteiger partial charge in [-0.3, -0.25) is 9.78 Å². The number of aromatic nitrogens is 1. The van der Waals surface area contributed by atoms with E-state index in [9.17, 15) is 4.79 Å². The van der Waals surface area contributed by atoms with Crippen LogP contribution in [0.2, 0.25) is 5.02 Å². The fourth-order valence-electron chi connectivity index (χ4n) is 3.67. The fourth-order valence-corrected chi connectivity index (χ4v) is 3.85. The number of fused-ring (bicyclic) bond motifs is 1. The van der Waals surface area contributed by atoms with E-state index in [1.54, 1.807) is 7.11 Å². The predicted molar refractivity (Wildman–Crippen MR) is 113 cm³/mol. The summed E-state index contributed by atoms with van der Waals surface area (Å²) in [6.45, 7) is 4.72. The van der Waals surface area contributed by atoms with Crippen LogP contribution in [0.15, 0.2) is 48.5 Å². The molecule has 2 aromatic carbocycles. The van der Waals surface area contributed by atoms with E-state index in [4.69, 9.17) is 16.3 Å². The lowest BCUT2D eigenvalue weighted by Gasteiger charge is -2.36. The number of hydrogen-bond acceptors (Lipinski definition) is 4. The average Bonchev–Trinajstić information content (AvgIpc) is 2.73. The van der Waals surface area contributed by atoms with Gasteiger partial charge < -0.3 is 14.5 Å². The van der Waals surface area contributed by atoms with Gasteiger partial charge in [0.15, 0.2) is 0 Å². The monoisotopic (exact) mass is 395 g/mol. The molecule has 1 amide bonds. The molecule has 0 spiro atoms. The third-order valence-corrected chi connectivity index (χ3v) is 5.43. The number of hydrogen-bond donors (Lipinski definition) is 0. The number of aryl methyl sites for hydroxylation is 1. The molecule has 0 radical (unpaired) electrons. The van der Waals surface area contributed by atoms with Crippen molar-refractivity contribution in [3.63, 3.8) is 0 Å².